The molecule has 0 aromatic heterocycles. The third-order valence-electron chi connectivity index (χ3n) is 2.11. The van der Waals surface area contributed by atoms with Crippen LogP contribution in [0.4, 0.5) is 0 Å². The Morgan fingerprint density at radius 1 is 1.00 bits per heavy atom. The van der Waals surface area contributed by atoms with Gasteiger partial charge in [0, 0.05) is 19.4 Å². The molecule has 0 radical (unpaired) electrons. The van der Waals surface area contributed by atoms with Crippen LogP contribution in [0.1, 0.15) is 26.3 Å². The lowest BCUT2D eigenvalue weighted by Crippen LogP contribution is -2.23. The highest BCUT2D eigenvalue weighted by atomic mass is 16.7. The maximum atomic E-state index is 11.0. The van der Waals surface area contributed by atoms with Crippen molar-refractivity contribution in [3.8, 4) is 0 Å². The lowest BCUT2D eigenvalue weighted by molar-refractivity contribution is -0.177. The molecule has 0 saturated heterocycles. The van der Waals surface area contributed by atoms with Crippen molar-refractivity contribution >= 4 is 18.0 Å². The molecule has 96 valence electrons. The minimum absolute atomic E-state index is 0.498. The Kier molecular flexibility index (Phi) is 5.11. The van der Waals surface area contributed by atoms with E-state index in [9.17, 15) is 9.59 Å². The van der Waals surface area contributed by atoms with Crippen molar-refractivity contribution in [2.45, 2.75) is 27.1 Å². The Labute approximate surface area is 106 Å². The number of rotatable bonds is 4. The van der Waals surface area contributed by atoms with E-state index in [1.54, 1.807) is 13.0 Å². The zero-order chi connectivity index (χ0) is 13.5. The average molecular weight is 248 g/mol. The Hall–Kier alpha value is -2.10. The first-order chi connectivity index (χ1) is 8.49. The van der Waals surface area contributed by atoms with E-state index >= 15 is 0 Å². The Morgan fingerprint density at radius 2 is 1.50 bits per heavy atom. The molecule has 0 N–H and O–H groups in total. The molecule has 0 saturated carbocycles. The Bertz CT molecular complexity index is 432. The predicted octanol–water partition coefficient (Wildman–Crippen LogP) is 2.54. The van der Waals surface area contributed by atoms with Gasteiger partial charge in [-0.25, -0.2) is 0 Å². The number of ether oxygens (including phenoxy) is 2. The number of carbonyl (C=O) groups is 2. The lowest BCUT2D eigenvalue weighted by Gasteiger charge is -2.17. The van der Waals surface area contributed by atoms with Gasteiger partial charge in [-0.2, -0.15) is 0 Å². The zero-order valence-electron chi connectivity index (χ0n) is 10.7. The van der Waals surface area contributed by atoms with E-state index in [1.807, 2.05) is 30.3 Å². The second-order valence-electron chi connectivity index (χ2n) is 3.85. The second kappa shape index (κ2) is 6.59. The zero-order valence-corrected chi connectivity index (χ0v) is 10.7. The maximum Gasteiger partial charge on any atom is 0.305 e. The van der Waals surface area contributed by atoms with Crippen LogP contribution < -0.4 is 0 Å². The monoisotopic (exact) mass is 248 g/mol. The molecule has 0 heterocycles. The van der Waals surface area contributed by atoms with Crippen LogP contribution in [0.25, 0.3) is 6.08 Å². The molecule has 0 aliphatic carbocycles. The van der Waals surface area contributed by atoms with Gasteiger partial charge in [-0.05, 0) is 18.6 Å². The van der Waals surface area contributed by atoms with Crippen LogP contribution in [0.3, 0.4) is 0 Å². The summed E-state index contributed by atoms with van der Waals surface area (Å²) < 4.78 is 9.89. The average Bonchev–Trinajstić information content (AvgIpc) is 2.28. The summed E-state index contributed by atoms with van der Waals surface area (Å²) in [5.41, 5.74) is 1.59. The highest BCUT2D eigenvalue weighted by Gasteiger charge is 2.17. The first kappa shape index (κ1) is 14.0. The van der Waals surface area contributed by atoms with Gasteiger partial charge in [-0.3, -0.25) is 9.59 Å². The smallest absolute Gasteiger partial charge is 0.305 e. The summed E-state index contributed by atoms with van der Waals surface area (Å²) in [5, 5.41) is 0. The van der Waals surface area contributed by atoms with Crippen molar-refractivity contribution in [3.05, 3.63) is 41.5 Å². The largest absolute Gasteiger partial charge is 0.421 e. The summed E-state index contributed by atoms with van der Waals surface area (Å²) in [6.45, 7) is 4.28. The molecular formula is C14H16O4. The number of benzene rings is 1. The standard InChI is InChI=1S/C14H16O4/c1-10(9-13-7-5-4-6-8-13)14(17-11(2)15)18-12(3)16/h4-9,14H,1-3H3. The molecule has 0 atom stereocenters. The molecule has 0 spiro atoms. The maximum absolute atomic E-state index is 11.0. The minimum Gasteiger partial charge on any atom is -0.421 e. The van der Waals surface area contributed by atoms with Gasteiger partial charge in [0.2, 0.25) is 0 Å². The van der Waals surface area contributed by atoms with E-state index < -0.39 is 18.2 Å². The molecule has 0 unspecified atom stereocenters. The van der Waals surface area contributed by atoms with E-state index in [0.717, 1.165) is 5.56 Å². The van der Waals surface area contributed by atoms with Gasteiger partial charge < -0.3 is 9.47 Å². The number of carbonyl (C=O) groups excluding carboxylic acids is 2. The normalized spacial score (nSPS) is 11.2. The molecule has 1 rings (SSSR count). The van der Waals surface area contributed by atoms with Gasteiger partial charge in [0.25, 0.3) is 6.29 Å². The molecule has 18 heavy (non-hydrogen) atoms. The van der Waals surface area contributed by atoms with Gasteiger partial charge >= 0.3 is 11.9 Å². The van der Waals surface area contributed by atoms with E-state index in [4.69, 9.17) is 9.47 Å². The second-order valence-corrected chi connectivity index (χ2v) is 3.85. The number of hydrogen-bond donors (Lipinski definition) is 0. The van der Waals surface area contributed by atoms with Crippen LogP contribution in [0.15, 0.2) is 35.9 Å². The molecule has 4 heteroatoms. The third-order valence-corrected chi connectivity index (χ3v) is 2.11. The van der Waals surface area contributed by atoms with Gasteiger partial charge in [-0.1, -0.05) is 30.3 Å². The summed E-state index contributed by atoms with van der Waals surface area (Å²) in [7, 11) is 0. The van der Waals surface area contributed by atoms with Gasteiger partial charge in [0.05, 0.1) is 0 Å². The fraction of sp³-hybridized carbons (Fsp3) is 0.286. The SMILES string of the molecule is CC(=O)OC(OC(C)=O)C(C)=Cc1ccccc1. The molecule has 4 nitrogen and oxygen atoms in total. The Balaban J connectivity index is 2.87. The highest BCUT2D eigenvalue weighted by Crippen LogP contribution is 2.14. The van der Waals surface area contributed by atoms with Crippen LogP contribution in [-0.4, -0.2) is 18.2 Å². The van der Waals surface area contributed by atoms with Crippen molar-refractivity contribution < 1.29 is 19.1 Å². The molecule has 1 aromatic carbocycles. The predicted molar refractivity (Wildman–Crippen MR) is 67.4 cm³/mol. The van der Waals surface area contributed by atoms with Crippen molar-refractivity contribution in [2.75, 3.05) is 0 Å². The van der Waals surface area contributed by atoms with Crippen molar-refractivity contribution in [1.82, 2.24) is 0 Å². The van der Waals surface area contributed by atoms with Gasteiger partial charge in [0.15, 0.2) is 0 Å². The quantitative estimate of drug-likeness (QED) is 0.607. The topological polar surface area (TPSA) is 52.6 Å². The minimum atomic E-state index is -0.972. The van der Waals surface area contributed by atoms with E-state index in [-0.39, 0.29) is 0 Å². The lowest BCUT2D eigenvalue weighted by atomic mass is 10.1. The van der Waals surface area contributed by atoms with E-state index in [0.29, 0.717) is 5.57 Å². The molecule has 0 amide bonds. The van der Waals surface area contributed by atoms with Crippen molar-refractivity contribution in [3.63, 3.8) is 0 Å². The molecule has 1 aromatic rings. The van der Waals surface area contributed by atoms with Crippen molar-refractivity contribution in [1.29, 1.82) is 0 Å². The molecule has 0 aliphatic heterocycles. The molecule has 0 bridgehead atoms. The summed E-state index contributed by atoms with van der Waals surface area (Å²) in [5.74, 6) is -0.996. The van der Waals surface area contributed by atoms with Crippen molar-refractivity contribution in [2.24, 2.45) is 0 Å². The number of hydrogen-bond acceptors (Lipinski definition) is 4. The van der Waals surface area contributed by atoms with Gasteiger partial charge in [-0.15, -0.1) is 0 Å². The van der Waals surface area contributed by atoms with Crippen LogP contribution in [-0.2, 0) is 19.1 Å². The van der Waals surface area contributed by atoms with E-state index in [1.165, 1.54) is 13.8 Å². The molecular weight excluding hydrogens is 232 g/mol. The molecule has 0 aliphatic rings. The first-order valence-electron chi connectivity index (χ1n) is 5.56. The van der Waals surface area contributed by atoms with Crippen LogP contribution in [0, 0.1) is 0 Å². The summed E-state index contributed by atoms with van der Waals surface area (Å²) in [6.07, 6.45) is 0.830. The van der Waals surface area contributed by atoms with Crippen LogP contribution >= 0.6 is 0 Å². The van der Waals surface area contributed by atoms with Crippen LogP contribution in [0.5, 0.6) is 0 Å². The summed E-state index contributed by atoms with van der Waals surface area (Å²) in [6, 6.07) is 9.50. The fourth-order valence-electron chi connectivity index (χ4n) is 1.39. The fourth-order valence-corrected chi connectivity index (χ4v) is 1.39. The summed E-state index contributed by atoms with van der Waals surface area (Å²) >= 11 is 0. The summed E-state index contributed by atoms with van der Waals surface area (Å²) in [4.78, 5) is 21.9. The molecule has 0 fully saturated rings. The highest BCUT2D eigenvalue weighted by molar-refractivity contribution is 5.69. The number of esters is 2. The first-order valence-corrected chi connectivity index (χ1v) is 5.56. The van der Waals surface area contributed by atoms with E-state index in [2.05, 4.69) is 0 Å². The third kappa shape index (κ3) is 4.82. The van der Waals surface area contributed by atoms with Crippen LogP contribution in [0.2, 0.25) is 0 Å². The van der Waals surface area contributed by atoms with Gasteiger partial charge in [0.1, 0.15) is 0 Å². The Morgan fingerprint density at radius 3 is 1.94 bits per heavy atom.